The lowest BCUT2D eigenvalue weighted by molar-refractivity contribution is -0.123. The Kier molecular flexibility index (Phi) is 6.68. The summed E-state index contributed by atoms with van der Waals surface area (Å²) >= 11 is 0. The van der Waals surface area contributed by atoms with Gasteiger partial charge < -0.3 is 15.5 Å². The molecule has 0 radical (unpaired) electrons. The molecule has 0 spiro atoms. The molecule has 0 aromatic carbocycles. The number of carbonyl (C=O) groups excluding carboxylic acids is 1. The van der Waals surface area contributed by atoms with E-state index in [-0.39, 0.29) is 11.8 Å². The highest BCUT2D eigenvalue weighted by atomic mass is 16.1. The van der Waals surface area contributed by atoms with Crippen LogP contribution >= 0.6 is 0 Å². The third-order valence-electron chi connectivity index (χ3n) is 3.65. The fourth-order valence-corrected chi connectivity index (χ4v) is 2.59. The van der Waals surface area contributed by atoms with Crippen molar-refractivity contribution in [3.63, 3.8) is 0 Å². The molecule has 1 heterocycles. The molecule has 1 aromatic heterocycles. The van der Waals surface area contributed by atoms with E-state index >= 15 is 0 Å². The largest absolute Gasteiger partial charge is 0.359 e. The molecule has 0 aliphatic rings. The number of rotatable bonds is 8. The molecule has 120 valence electrons. The van der Waals surface area contributed by atoms with Gasteiger partial charge in [-0.3, -0.25) is 9.48 Å². The zero-order chi connectivity index (χ0) is 16.0. The Morgan fingerprint density at radius 1 is 1.48 bits per heavy atom. The van der Waals surface area contributed by atoms with Gasteiger partial charge in [-0.05, 0) is 19.9 Å². The number of nitrogens with one attached hydrogen (secondary N) is 2. The van der Waals surface area contributed by atoms with E-state index in [0.717, 1.165) is 31.0 Å². The first-order valence-corrected chi connectivity index (χ1v) is 7.58. The fraction of sp³-hybridized carbons (Fsp3) is 0.733. The fourth-order valence-electron chi connectivity index (χ4n) is 2.59. The summed E-state index contributed by atoms with van der Waals surface area (Å²) in [5.74, 6) is 1.07. The number of anilines is 1. The van der Waals surface area contributed by atoms with Gasteiger partial charge in [-0.15, -0.1) is 0 Å². The SMILES string of the molecule is CCCNCc1c(C)nn(C)c1N(C)CC(C)C(=O)NC. The minimum atomic E-state index is -0.0633. The Hall–Kier alpha value is -1.56. The summed E-state index contributed by atoms with van der Waals surface area (Å²) in [6, 6.07) is 0. The summed E-state index contributed by atoms with van der Waals surface area (Å²) in [4.78, 5) is 13.8. The monoisotopic (exact) mass is 295 g/mol. The Morgan fingerprint density at radius 2 is 2.14 bits per heavy atom. The zero-order valence-corrected chi connectivity index (χ0v) is 14.2. The molecule has 6 nitrogen and oxygen atoms in total. The average Bonchev–Trinajstić information content (AvgIpc) is 2.72. The summed E-state index contributed by atoms with van der Waals surface area (Å²) in [6.07, 6.45) is 1.11. The van der Waals surface area contributed by atoms with Crippen LogP contribution in [0.5, 0.6) is 0 Å². The van der Waals surface area contributed by atoms with Crippen molar-refractivity contribution in [3.05, 3.63) is 11.3 Å². The topological polar surface area (TPSA) is 62.2 Å². The molecule has 0 aliphatic heterocycles. The molecule has 1 amide bonds. The summed E-state index contributed by atoms with van der Waals surface area (Å²) in [7, 11) is 5.64. The predicted molar refractivity (Wildman–Crippen MR) is 86.4 cm³/mol. The highest BCUT2D eigenvalue weighted by Gasteiger charge is 2.20. The van der Waals surface area contributed by atoms with Gasteiger partial charge in [0, 0.05) is 39.8 Å². The molecule has 1 unspecified atom stereocenters. The van der Waals surface area contributed by atoms with E-state index < -0.39 is 0 Å². The molecular weight excluding hydrogens is 266 g/mol. The van der Waals surface area contributed by atoms with Crippen LogP contribution in [-0.4, -0.2) is 42.9 Å². The van der Waals surface area contributed by atoms with Crippen LogP contribution in [0.25, 0.3) is 0 Å². The van der Waals surface area contributed by atoms with Gasteiger partial charge in [-0.2, -0.15) is 5.10 Å². The molecule has 0 bridgehead atoms. The van der Waals surface area contributed by atoms with E-state index in [1.165, 1.54) is 5.56 Å². The van der Waals surface area contributed by atoms with Crippen LogP contribution in [0.4, 0.5) is 5.82 Å². The number of nitrogens with zero attached hydrogens (tertiary/aromatic N) is 3. The van der Waals surface area contributed by atoms with Gasteiger partial charge in [0.2, 0.25) is 5.91 Å². The standard InChI is InChI=1S/C15H29N5O/c1-7-8-17-9-13-12(3)18-20(6)15(13)19(5)10-11(2)14(21)16-4/h11,17H,7-10H2,1-6H3,(H,16,21). The molecule has 1 rings (SSSR count). The van der Waals surface area contributed by atoms with Crippen molar-refractivity contribution in [1.82, 2.24) is 20.4 Å². The van der Waals surface area contributed by atoms with Crippen molar-refractivity contribution in [2.24, 2.45) is 13.0 Å². The van der Waals surface area contributed by atoms with Gasteiger partial charge >= 0.3 is 0 Å². The van der Waals surface area contributed by atoms with Gasteiger partial charge in [0.05, 0.1) is 11.6 Å². The smallest absolute Gasteiger partial charge is 0.224 e. The number of hydrogen-bond acceptors (Lipinski definition) is 4. The Labute approximate surface area is 127 Å². The average molecular weight is 295 g/mol. The third kappa shape index (κ3) is 4.46. The van der Waals surface area contributed by atoms with E-state index in [4.69, 9.17) is 0 Å². The van der Waals surface area contributed by atoms with E-state index in [9.17, 15) is 4.79 Å². The summed E-state index contributed by atoms with van der Waals surface area (Å²) in [5, 5.41) is 10.6. The molecule has 21 heavy (non-hydrogen) atoms. The Balaban J connectivity index is 2.87. The molecule has 1 atom stereocenters. The molecule has 0 saturated heterocycles. The molecule has 1 aromatic rings. The first-order valence-electron chi connectivity index (χ1n) is 7.58. The minimum Gasteiger partial charge on any atom is -0.359 e. The molecule has 6 heteroatoms. The number of aryl methyl sites for hydroxylation is 2. The van der Waals surface area contributed by atoms with Crippen molar-refractivity contribution in [2.75, 3.05) is 32.1 Å². The molecule has 0 aliphatic carbocycles. The van der Waals surface area contributed by atoms with Crippen LogP contribution in [0.15, 0.2) is 0 Å². The van der Waals surface area contributed by atoms with Crippen LogP contribution in [0, 0.1) is 12.8 Å². The number of carbonyl (C=O) groups is 1. The normalized spacial score (nSPS) is 12.3. The van der Waals surface area contributed by atoms with Crippen LogP contribution < -0.4 is 15.5 Å². The van der Waals surface area contributed by atoms with Crippen molar-refractivity contribution >= 4 is 11.7 Å². The second-order valence-corrected chi connectivity index (χ2v) is 5.58. The summed E-state index contributed by atoms with van der Waals surface area (Å²) in [5.41, 5.74) is 2.24. The van der Waals surface area contributed by atoms with E-state index in [1.807, 2.05) is 32.6 Å². The van der Waals surface area contributed by atoms with E-state index in [2.05, 4.69) is 27.6 Å². The molecule has 0 saturated carbocycles. The van der Waals surface area contributed by atoms with Crippen molar-refractivity contribution in [1.29, 1.82) is 0 Å². The second kappa shape index (κ2) is 8.02. The van der Waals surface area contributed by atoms with Crippen LogP contribution in [0.2, 0.25) is 0 Å². The lowest BCUT2D eigenvalue weighted by atomic mass is 10.1. The molecule has 0 fully saturated rings. The second-order valence-electron chi connectivity index (χ2n) is 5.58. The Morgan fingerprint density at radius 3 is 2.71 bits per heavy atom. The van der Waals surface area contributed by atoms with Gasteiger partial charge in [0.1, 0.15) is 5.82 Å². The minimum absolute atomic E-state index is 0.0615. The number of amides is 1. The van der Waals surface area contributed by atoms with Gasteiger partial charge in [-0.1, -0.05) is 13.8 Å². The first kappa shape index (κ1) is 17.5. The third-order valence-corrected chi connectivity index (χ3v) is 3.65. The lowest BCUT2D eigenvalue weighted by Crippen LogP contribution is -2.35. The van der Waals surface area contributed by atoms with E-state index in [0.29, 0.717) is 6.54 Å². The van der Waals surface area contributed by atoms with Gasteiger partial charge in [0.25, 0.3) is 0 Å². The number of hydrogen-bond donors (Lipinski definition) is 2. The maximum atomic E-state index is 11.7. The van der Waals surface area contributed by atoms with Gasteiger partial charge in [0.15, 0.2) is 0 Å². The first-order chi connectivity index (χ1) is 9.92. The molecular formula is C15H29N5O. The van der Waals surface area contributed by atoms with Crippen molar-refractivity contribution < 1.29 is 4.79 Å². The maximum Gasteiger partial charge on any atom is 0.224 e. The highest BCUT2D eigenvalue weighted by Crippen LogP contribution is 2.23. The zero-order valence-electron chi connectivity index (χ0n) is 14.2. The maximum absolute atomic E-state index is 11.7. The molecule has 2 N–H and O–H groups in total. The van der Waals surface area contributed by atoms with Crippen LogP contribution in [0.1, 0.15) is 31.5 Å². The van der Waals surface area contributed by atoms with Crippen LogP contribution in [-0.2, 0) is 18.4 Å². The summed E-state index contributed by atoms with van der Waals surface area (Å²) < 4.78 is 1.90. The lowest BCUT2D eigenvalue weighted by Gasteiger charge is -2.24. The highest BCUT2D eigenvalue weighted by molar-refractivity contribution is 5.78. The van der Waals surface area contributed by atoms with E-state index in [1.54, 1.807) is 7.05 Å². The Bertz CT molecular complexity index is 469. The van der Waals surface area contributed by atoms with Crippen molar-refractivity contribution in [2.45, 2.75) is 33.7 Å². The quantitative estimate of drug-likeness (QED) is 0.704. The summed E-state index contributed by atoms with van der Waals surface area (Å²) in [6.45, 7) is 8.59. The van der Waals surface area contributed by atoms with Gasteiger partial charge in [-0.25, -0.2) is 0 Å². The number of aromatic nitrogens is 2. The predicted octanol–water partition coefficient (Wildman–Crippen LogP) is 1.05. The van der Waals surface area contributed by atoms with Crippen molar-refractivity contribution in [3.8, 4) is 0 Å². The van der Waals surface area contributed by atoms with Crippen LogP contribution in [0.3, 0.4) is 0 Å².